The van der Waals surface area contributed by atoms with E-state index in [0.717, 1.165) is 19.3 Å². The fourth-order valence-corrected chi connectivity index (χ4v) is 4.85. The standard InChI is InChI=1S/C11H14O3.C10H12O3.C9H10O3.C7H5NO3S.Na/c1-2-3-8-14-11(13)9-4-6-10(12)7-5-9;1-2-7-13-10(12)8-3-5-9(11)6-4-8;1-2-12-9(11)7-3-5-8(10)6-4-7;9-7-5-3-1-2-4-6(5)12(10,11)8-7;/h4-7,12H,2-3,8H2,1H3;3-6,11H,2,7H2,1H3;3-6,10H,2H2,1H3;1-4H,(H,8,9);/q;;;;+1/p-1. The quantitative estimate of drug-likeness (QED) is 0.0969. The number of phenolic OH excluding ortho intramolecular Hbond substituents is 3. The first-order chi connectivity index (χ1) is 24.3. The first-order valence-corrected chi connectivity index (χ1v) is 17.3. The normalized spacial score (nSPS) is 11.5. The predicted octanol–water partition coefficient (Wildman–Crippen LogP) is 3.78. The van der Waals surface area contributed by atoms with Crippen molar-refractivity contribution in [3.63, 3.8) is 0 Å². The van der Waals surface area contributed by atoms with Gasteiger partial charge in [-0.05, 0) is 98.6 Å². The third-order valence-corrected chi connectivity index (χ3v) is 7.67. The van der Waals surface area contributed by atoms with Crippen molar-refractivity contribution in [2.45, 2.75) is 44.9 Å². The molecule has 4 aromatic carbocycles. The molecular weight excluding hydrogens is 705 g/mol. The maximum absolute atomic E-state index is 11.3. The molecule has 1 aliphatic heterocycles. The molecule has 52 heavy (non-hydrogen) atoms. The number of ether oxygens (including phenoxy) is 3. The topological polar surface area (TPSA) is 205 Å². The number of hydrogen-bond acceptors (Lipinski definition) is 12. The first kappa shape index (κ1) is 45.1. The summed E-state index contributed by atoms with van der Waals surface area (Å²) in [5.41, 5.74) is 1.55. The Balaban J connectivity index is 0.000000345. The summed E-state index contributed by atoms with van der Waals surface area (Å²) >= 11 is 0. The van der Waals surface area contributed by atoms with Gasteiger partial charge in [0.15, 0.2) is 0 Å². The van der Waals surface area contributed by atoms with Gasteiger partial charge in [0.25, 0.3) is 0 Å². The number of benzene rings is 4. The number of esters is 3. The molecule has 13 nitrogen and oxygen atoms in total. The Bertz CT molecular complexity index is 1830. The Morgan fingerprint density at radius 2 is 1.00 bits per heavy atom. The zero-order chi connectivity index (χ0) is 37.8. The summed E-state index contributed by atoms with van der Waals surface area (Å²) in [5, 5.41) is 26.9. The number of nitrogens with zero attached hydrogens (tertiary/aromatic N) is 1. The van der Waals surface area contributed by atoms with Crippen molar-refractivity contribution in [3.05, 3.63) is 124 Å². The second-order valence-electron chi connectivity index (χ2n) is 10.4. The van der Waals surface area contributed by atoms with Crippen LogP contribution in [0, 0.1) is 0 Å². The van der Waals surface area contributed by atoms with Crippen LogP contribution >= 0.6 is 0 Å². The Hall–Kier alpha value is -4.89. The van der Waals surface area contributed by atoms with Gasteiger partial charge in [-0.15, -0.1) is 0 Å². The second kappa shape index (κ2) is 23.6. The molecule has 0 aromatic heterocycles. The smallest absolute Gasteiger partial charge is 0.537 e. The molecule has 0 saturated heterocycles. The van der Waals surface area contributed by atoms with Gasteiger partial charge in [0.2, 0.25) is 0 Å². The number of rotatable bonds is 9. The number of hydrogen-bond donors (Lipinski definition) is 3. The van der Waals surface area contributed by atoms with Crippen molar-refractivity contribution in [3.8, 4) is 17.2 Å². The van der Waals surface area contributed by atoms with E-state index >= 15 is 0 Å². The van der Waals surface area contributed by atoms with Crippen LogP contribution in [0.5, 0.6) is 17.2 Å². The summed E-state index contributed by atoms with van der Waals surface area (Å²) in [5.74, 6) is -1.28. The fourth-order valence-electron chi connectivity index (χ4n) is 3.75. The van der Waals surface area contributed by atoms with E-state index in [2.05, 4.69) is 4.72 Å². The van der Waals surface area contributed by atoms with Crippen LogP contribution in [-0.4, -0.2) is 67.4 Å². The molecule has 5 rings (SSSR count). The first-order valence-electron chi connectivity index (χ1n) is 15.8. The van der Waals surface area contributed by atoms with Crippen LogP contribution in [0.25, 0.3) is 4.72 Å². The van der Waals surface area contributed by atoms with E-state index in [9.17, 15) is 27.6 Å². The van der Waals surface area contributed by atoms with Crippen LogP contribution in [0.15, 0.2) is 102 Å². The van der Waals surface area contributed by atoms with E-state index in [0.29, 0.717) is 36.5 Å². The molecule has 0 unspecified atom stereocenters. The Labute approximate surface area is 324 Å². The molecule has 1 aliphatic rings. The van der Waals surface area contributed by atoms with Gasteiger partial charge in [-0.3, -0.25) is 0 Å². The number of unbranched alkanes of at least 4 members (excludes halogenated alkanes) is 1. The van der Waals surface area contributed by atoms with Crippen LogP contribution in [0.2, 0.25) is 0 Å². The Kier molecular flexibility index (Phi) is 20.4. The fraction of sp³-hybridized carbons (Fsp3) is 0.243. The molecule has 0 spiro atoms. The van der Waals surface area contributed by atoms with Crippen LogP contribution in [-0.2, 0) is 24.2 Å². The summed E-state index contributed by atoms with van der Waals surface area (Å²) in [6, 6.07) is 24.0. The SMILES string of the molecule is CCCCOC(=O)c1ccc(O)cc1.CCCOC(=O)c1ccc(O)cc1.CCOC(=O)c1ccc(O)cc1.O=C1[N-]S(=O)(=O)c2ccccc21.[Na+]. The molecule has 0 radical (unpaired) electrons. The van der Waals surface area contributed by atoms with Gasteiger partial charge in [0.05, 0.1) is 47.3 Å². The average Bonchev–Trinajstić information content (AvgIpc) is 3.36. The third kappa shape index (κ3) is 15.6. The second-order valence-corrected chi connectivity index (χ2v) is 11.9. The van der Waals surface area contributed by atoms with E-state index < -0.39 is 15.9 Å². The number of sulfonamides is 1. The van der Waals surface area contributed by atoms with E-state index in [-0.39, 0.29) is 75.2 Å². The van der Waals surface area contributed by atoms with Crippen LogP contribution in [0.1, 0.15) is 81.5 Å². The summed E-state index contributed by atoms with van der Waals surface area (Å²) in [6.07, 6.45) is 2.69. The van der Waals surface area contributed by atoms with Crippen LogP contribution < -0.4 is 29.6 Å². The van der Waals surface area contributed by atoms with Crippen molar-refractivity contribution in [1.29, 1.82) is 0 Å². The number of aromatic hydroxyl groups is 3. The third-order valence-electron chi connectivity index (χ3n) is 6.35. The molecular formula is C37H40NNaO12S. The Morgan fingerprint density at radius 3 is 1.38 bits per heavy atom. The van der Waals surface area contributed by atoms with E-state index in [1.54, 1.807) is 31.2 Å². The number of phenols is 3. The van der Waals surface area contributed by atoms with Gasteiger partial charge >= 0.3 is 47.5 Å². The Morgan fingerprint density at radius 1 is 0.596 bits per heavy atom. The maximum Gasteiger partial charge on any atom is 1.00 e. The van der Waals surface area contributed by atoms with Gasteiger partial charge in [0, 0.05) is 5.56 Å². The minimum atomic E-state index is -3.68. The molecule has 1 amide bonds. The summed E-state index contributed by atoms with van der Waals surface area (Å²) in [6.45, 7) is 6.96. The van der Waals surface area contributed by atoms with Gasteiger partial charge < -0.3 is 39.0 Å². The number of amides is 1. The van der Waals surface area contributed by atoms with E-state index in [1.165, 1.54) is 72.8 Å². The van der Waals surface area contributed by atoms with Crippen molar-refractivity contribution in [2.24, 2.45) is 0 Å². The van der Waals surface area contributed by atoms with E-state index in [4.69, 9.17) is 29.5 Å². The van der Waals surface area contributed by atoms with Crippen molar-refractivity contribution in [2.75, 3.05) is 19.8 Å². The van der Waals surface area contributed by atoms with Gasteiger partial charge in [-0.1, -0.05) is 38.5 Å². The maximum atomic E-state index is 11.3. The van der Waals surface area contributed by atoms with Gasteiger partial charge in [-0.2, -0.15) is 0 Å². The summed E-state index contributed by atoms with van der Waals surface area (Å²) in [7, 11) is -3.68. The largest absolute Gasteiger partial charge is 1.00 e. The number of fused-ring (bicyclic) bond motifs is 1. The monoisotopic (exact) mass is 745 g/mol. The molecule has 3 N–H and O–H groups in total. The average molecular weight is 746 g/mol. The van der Waals surface area contributed by atoms with Gasteiger partial charge in [0.1, 0.15) is 27.3 Å². The van der Waals surface area contributed by atoms with Crippen molar-refractivity contribution >= 4 is 33.8 Å². The molecule has 0 bridgehead atoms. The minimum absolute atomic E-state index is 0. The zero-order valence-corrected chi connectivity index (χ0v) is 32.2. The molecule has 0 fully saturated rings. The molecule has 0 saturated carbocycles. The van der Waals surface area contributed by atoms with Crippen LogP contribution in [0.4, 0.5) is 0 Å². The van der Waals surface area contributed by atoms with Gasteiger partial charge in [-0.25, -0.2) is 22.8 Å². The molecule has 1 heterocycles. The summed E-state index contributed by atoms with van der Waals surface area (Å²) in [4.78, 5) is 44.5. The molecule has 0 aliphatic carbocycles. The predicted molar refractivity (Wildman–Crippen MR) is 187 cm³/mol. The number of carbonyl (C=O) groups is 4. The number of carbonyl (C=O) groups excluding carboxylic acids is 4. The van der Waals surface area contributed by atoms with Crippen molar-refractivity contribution < 1.29 is 86.7 Å². The molecule has 0 atom stereocenters. The minimum Gasteiger partial charge on any atom is -0.537 e. The van der Waals surface area contributed by atoms with Crippen LogP contribution in [0.3, 0.4) is 0 Å². The molecule has 272 valence electrons. The molecule has 15 heteroatoms. The summed E-state index contributed by atoms with van der Waals surface area (Å²) < 4.78 is 39.8. The molecule has 4 aromatic rings. The zero-order valence-electron chi connectivity index (χ0n) is 29.4. The van der Waals surface area contributed by atoms with E-state index in [1.807, 2.05) is 13.8 Å². The van der Waals surface area contributed by atoms with Crippen molar-refractivity contribution in [1.82, 2.24) is 0 Å².